The Labute approximate surface area is 85.5 Å². The molecule has 0 radical (unpaired) electrons. The third kappa shape index (κ3) is 2.05. The molecule has 14 heavy (non-hydrogen) atoms. The fourth-order valence-corrected chi connectivity index (χ4v) is 1.20. The first-order valence-corrected chi connectivity index (χ1v) is 4.34. The zero-order valence-corrected chi connectivity index (χ0v) is 8.21. The van der Waals surface area contributed by atoms with E-state index in [1.807, 2.05) is 6.92 Å². The second-order valence-corrected chi connectivity index (χ2v) is 3.02. The predicted octanol–water partition coefficient (Wildman–Crippen LogP) is 2.39. The number of nitrogens with one attached hydrogen (secondary N) is 1. The monoisotopic (exact) mass is 216 g/mol. The summed E-state index contributed by atoms with van der Waals surface area (Å²) in [5.74, 6) is -0.292. The summed E-state index contributed by atoms with van der Waals surface area (Å²) < 4.78 is 0. The topological polar surface area (TPSA) is 75.4 Å². The van der Waals surface area contributed by atoms with Crippen LogP contribution in [0.15, 0.2) is 12.1 Å². The molecule has 5 nitrogen and oxygen atoms in total. The summed E-state index contributed by atoms with van der Waals surface area (Å²) in [6, 6.07) is 2.36. The van der Waals surface area contributed by atoms with Crippen LogP contribution in [0.4, 0.5) is 11.4 Å². The lowest BCUT2D eigenvalue weighted by Gasteiger charge is -2.05. The average Bonchev–Trinajstić information content (AvgIpc) is 2.11. The van der Waals surface area contributed by atoms with Crippen LogP contribution in [0.3, 0.4) is 0 Å². The summed E-state index contributed by atoms with van der Waals surface area (Å²) in [5, 5.41) is 22.6. The Bertz CT molecular complexity index is 368. The molecule has 0 unspecified atom stereocenters. The van der Waals surface area contributed by atoms with Crippen LogP contribution in [-0.4, -0.2) is 16.6 Å². The Kier molecular flexibility index (Phi) is 3.14. The molecular formula is C8H9ClN2O3. The van der Waals surface area contributed by atoms with Gasteiger partial charge in [-0.1, -0.05) is 11.6 Å². The Hall–Kier alpha value is -1.49. The van der Waals surface area contributed by atoms with Gasteiger partial charge < -0.3 is 10.4 Å². The first-order valence-electron chi connectivity index (χ1n) is 3.97. The maximum absolute atomic E-state index is 10.6. The van der Waals surface area contributed by atoms with E-state index in [-0.39, 0.29) is 16.5 Å². The van der Waals surface area contributed by atoms with Crippen molar-refractivity contribution >= 4 is 23.0 Å². The molecule has 1 aromatic carbocycles. The van der Waals surface area contributed by atoms with Gasteiger partial charge in [0, 0.05) is 6.54 Å². The minimum absolute atomic E-state index is 0.0894. The Morgan fingerprint density at radius 3 is 2.79 bits per heavy atom. The molecule has 0 spiro atoms. The van der Waals surface area contributed by atoms with E-state index in [0.29, 0.717) is 12.2 Å². The summed E-state index contributed by atoms with van der Waals surface area (Å²) in [6.45, 7) is 2.35. The number of aromatic hydroxyl groups is 1. The van der Waals surface area contributed by atoms with Gasteiger partial charge in [0.05, 0.1) is 16.0 Å². The number of nitrogens with zero attached hydrogens (tertiary/aromatic N) is 1. The quantitative estimate of drug-likeness (QED) is 0.462. The van der Waals surface area contributed by atoms with E-state index < -0.39 is 4.92 Å². The van der Waals surface area contributed by atoms with Crippen LogP contribution in [-0.2, 0) is 0 Å². The molecule has 1 aromatic rings. The van der Waals surface area contributed by atoms with Crippen molar-refractivity contribution in [3.05, 3.63) is 27.3 Å². The molecule has 0 saturated carbocycles. The van der Waals surface area contributed by atoms with Crippen molar-refractivity contribution in [2.75, 3.05) is 11.9 Å². The van der Waals surface area contributed by atoms with Crippen LogP contribution in [0, 0.1) is 10.1 Å². The molecule has 0 atom stereocenters. The molecule has 0 amide bonds. The normalized spacial score (nSPS) is 9.86. The average molecular weight is 217 g/mol. The molecule has 0 fully saturated rings. The van der Waals surface area contributed by atoms with Crippen molar-refractivity contribution < 1.29 is 10.0 Å². The summed E-state index contributed by atoms with van der Waals surface area (Å²) >= 11 is 5.61. The summed E-state index contributed by atoms with van der Waals surface area (Å²) in [6.07, 6.45) is 0. The van der Waals surface area contributed by atoms with Gasteiger partial charge in [0.25, 0.3) is 5.69 Å². The maximum atomic E-state index is 10.6. The highest BCUT2D eigenvalue weighted by Crippen LogP contribution is 2.34. The Morgan fingerprint density at radius 2 is 2.29 bits per heavy atom. The minimum atomic E-state index is -0.575. The van der Waals surface area contributed by atoms with Gasteiger partial charge in [0.1, 0.15) is 11.4 Å². The number of hydrogen-bond acceptors (Lipinski definition) is 4. The summed E-state index contributed by atoms with van der Waals surface area (Å²) in [5.41, 5.74) is 0.119. The van der Waals surface area contributed by atoms with Crippen LogP contribution in [0.5, 0.6) is 5.75 Å². The molecular weight excluding hydrogens is 208 g/mol. The van der Waals surface area contributed by atoms with Gasteiger partial charge in [-0.05, 0) is 13.0 Å². The van der Waals surface area contributed by atoms with Crippen LogP contribution in [0.1, 0.15) is 6.92 Å². The van der Waals surface area contributed by atoms with E-state index in [4.69, 9.17) is 11.6 Å². The van der Waals surface area contributed by atoms with Gasteiger partial charge in [-0.3, -0.25) is 10.1 Å². The number of nitro benzene ring substituents is 1. The van der Waals surface area contributed by atoms with Gasteiger partial charge in [0.2, 0.25) is 0 Å². The van der Waals surface area contributed by atoms with E-state index >= 15 is 0 Å². The van der Waals surface area contributed by atoms with Crippen LogP contribution < -0.4 is 5.32 Å². The summed E-state index contributed by atoms with van der Waals surface area (Å²) in [4.78, 5) is 10.00. The van der Waals surface area contributed by atoms with Crippen molar-refractivity contribution in [3.8, 4) is 5.75 Å². The minimum Gasteiger partial charge on any atom is -0.506 e. The first kappa shape index (κ1) is 10.6. The number of rotatable bonds is 3. The highest BCUT2D eigenvalue weighted by atomic mass is 35.5. The lowest BCUT2D eigenvalue weighted by molar-refractivity contribution is -0.384. The number of anilines is 1. The van der Waals surface area contributed by atoms with E-state index in [0.717, 1.165) is 6.07 Å². The number of hydrogen-bond donors (Lipinski definition) is 2. The molecule has 6 heteroatoms. The lowest BCUT2D eigenvalue weighted by Crippen LogP contribution is -2.00. The molecule has 0 saturated heterocycles. The fourth-order valence-electron chi connectivity index (χ4n) is 1.03. The third-order valence-corrected chi connectivity index (χ3v) is 1.93. The molecule has 0 bridgehead atoms. The van der Waals surface area contributed by atoms with Crippen molar-refractivity contribution in [2.24, 2.45) is 0 Å². The smallest absolute Gasteiger partial charge is 0.296 e. The van der Waals surface area contributed by atoms with Gasteiger partial charge in [-0.15, -0.1) is 0 Å². The van der Waals surface area contributed by atoms with Crippen molar-refractivity contribution in [3.63, 3.8) is 0 Å². The standard InChI is InChI=1S/C8H9ClN2O3/c1-2-10-6-3-5(9)8(12)4-7(6)11(13)14/h3-4,10,12H,2H2,1H3. The van der Waals surface area contributed by atoms with Crippen LogP contribution in [0.25, 0.3) is 0 Å². The maximum Gasteiger partial charge on any atom is 0.296 e. The molecule has 1 rings (SSSR count). The molecule has 0 aliphatic carbocycles. The van der Waals surface area contributed by atoms with Crippen molar-refractivity contribution in [1.29, 1.82) is 0 Å². The second-order valence-electron chi connectivity index (χ2n) is 2.61. The first-order chi connectivity index (χ1) is 6.56. The van der Waals surface area contributed by atoms with Gasteiger partial charge in [-0.25, -0.2) is 0 Å². The number of benzene rings is 1. The molecule has 0 aliphatic rings. The number of halogens is 1. The third-order valence-electron chi connectivity index (χ3n) is 1.63. The number of phenols is 1. The lowest BCUT2D eigenvalue weighted by atomic mass is 10.2. The Morgan fingerprint density at radius 1 is 1.64 bits per heavy atom. The van der Waals surface area contributed by atoms with Crippen molar-refractivity contribution in [1.82, 2.24) is 0 Å². The molecule has 0 aromatic heterocycles. The van der Waals surface area contributed by atoms with E-state index in [1.54, 1.807) is 0 Å². The fraction of sp³-hybridized carbons (Fsp3) is 0.250. The van der Waals surface area contributed by atoms with E-state index in [9.17, 15) is 15.2 Å². The largest absolute Gasteiger partial charge is 0.506 e. The van der Waals surface area contributed by atoms with Gasteiger partial charge in [-0.2, -0.15) is 0 Å². The second kappa shape index (κ2) is 4.15. The molecule has 0 heterocycles. The predicted molar refractivity (Wildman–Crippen MR) is 53.9 cm³/mol. The molecule has 0 aliphatic heterocycles. The van der Waals surface area contributed by atoms with E-state index in [1.165, 1.54) is 6.07 Å². The SMILES string of the molecule is CCNc1cc(Cl)c(O)cc1[N+](=O)[O-]. The Balaban J connectivity index is 3.24. The van der Waals surface area contributed by atoms with Gasteiger partial charge >= 0.3 is 0 Å². The highest BCUT2D eigenvalue weighted by Gasteiger charge is 2.16. The number of phenolic OH excluding ortho intramolecular Hbond substituents is 1. The molecule has 2 N–H and O–H groups in total. The summed E-state index contributed by atoms with van der Waals surface area (Å²) in [7, 11) is 0. The van der Waals surface area contributed by atoms with Crippen LogP contribution >= 0.6 is 11.6 Å². The van der Waals surface area contributed by atoms with E-state index in [2.05, 4.69) is 5.32 Å². The zero-order chi connectivity index (χ0) is 10.7. The van der Waals surface area contributed by atoms with Gasteiger partial charge in [0.15, 0.2) is 0 Å². The molecule has 76 valence electrons. The highest BCUT2D eigenvalue weighted by molar-refractivity contribution is 6.32. The zero-order valence-electron chi connectivity index (χ0n) is 7.45. The number of nitro groups is 1. The van der Waals surface area contributed by atoms with Crippen molar-refractivity contribution in [2.45, 2.75) is 6.92 Å². The van der Waals surface area contributed by atoms with Crippen LogP contribution in [0.2, 0.25) is 5.02 Å².